The zero-order valence-electron chi connectivity index (χ0n) is 22.6. The maximum atomic E-state index is 13.2. The van der Waals surface area contributed by atoms with E-state index in [0.717, 1.165) is 10.9 Å². The number of nitrogens with two attached hydrogens (primary N) is 2. The van der Waals surface area contributed by atoms with Crippen LogP contribution in [0.3, 0.4) is 0 Å². The molecule has 0 aromatic carbocycles. The predicted molar refractivity (Wildman–Crippen MR) is 148 cm³/mol. The number of hydrogen-bond donors (Lipinski definition) is 8. The number of H-pyrrole nitrogens is 1. The number of hydrogen-bond acceptors (Lipinski definition) is 17. The van der Waals surface area contributed by atoms with Gasteiger partial charge in [-0.25, -0.2) is 19.5 Å². The van der Waals surface area contributed by atoms with E-state index in [4.69, 9.17) is 34.5 Å². The Morgan fingerprint density at radius 2 is 1.82 bits per heavy atom. The van der Waals surface area contributed by atoms with Gasteiger partial charge < -0.3 is 55.1 Å². The Kier molecular flexibility index (Phi) is 8.50. The Balaban J connectivity index is 1.22. The van der Waals surface area contributed by atoms with Crippen molar-refractivity contribution in [2.45, 2.75) is 49.1 Å². The van der Waals surface area contributed by atoms with Gasteiger partial charge in [-0.05, 0) is 6.07 Å². The van der Waals surface area contributed by atoms with Crippen LogP contribution in [0.5, 0.6) is 0 Å². The molecule has 45 heavy (non-hydrogen) atoms. The summed E-state index contributed by atoms with van der Waals surface area (Å²) in [5.41, 5.74) is 10.8. The molecule has 6 rings (SSSR count). The zero-order valence-corrected chi connectivity index (χ0v) is 24.5. The van der Waals surface area contributed by atoms with Crippen molar-refractivity contribution in [2.24, 2.45) is 0 Å². The van der Waals surface area contributed by atoms with E-state index < -0.39 is 83.9 Å². The number of nitrogens with zero attached hydrogens (tertiary/aromatic N) is 6. The molecule has 0 spiro atoms. The van der Waals surface area contributed by atoms with E-state index in [0.29, 0.717) is 5.39 Å². The lowest BCUT2D eigenvalue weighted by atomic mass is 10.1. The number of anilines is 2. The predicted octanol–water partition coefficient (Wildman–Crippen LogP) is -2.49. The van der Waals surface area contributed by atoms with E-state index >= 15 is 0 Å². The second kappa shape index (κ2) is 12.1. The third-order valence-electron chi connectivity index (χ3n) is 7.23. The first-order valence-corrected chi connectivity index (χ1v) is 15.8. The monoisotopic (exact) mass is 675 g/mol. The average Bonchev–Trinajstić information content (AvgIpc) is 3.73. The Morgan fingerprint density at radius 1 is 1.07 bits per heavy atom. The largest absolute Gasteiger partial charge is 0.472 e. The van der Waals surface area contributed by atoms with Crippen molar-refractivity contribution in [1.29, 1.82) is 0 Å². The van der Waals surface area contributed by atoms with E-state index in [1.807, 2.05) is 0 Å². The van der Waals surface area contributed by atoms with E-state index in [1.54, 1.807) is 6.07 Å². The van der Waals surface area contributed by atoms with Gasteiger partial charge in [0.15, 0.2) is 23.6 Å². The first-order valence-electron chi connectivity index (χ1n) is 13.0. The number of ether oxygens (including phenoxy) is 2. The molecule has 24 heteroatoms. The molecule has 3 unspecified atom stereocenters. The van der Waals surface area contributed by atoms with Crippen molar-refractivity contribution >= 4 is 50.0 Å². The number of phosphoric ester groups is 1. The van der Waals surface area contributed by atoms with Gasteiger partial charge in [-0.15, -0.1) is 0 Å². The van der Waals surface area contributed by atoms with E-state index in [-0.39, 0.29) is 28.6 Å². The highest BCUT2D eigenvalue weighted by Gasteiger charge is 2.51. The van der Waals surface area contributed by atoms with Crippen molar-refractivity contribution in [1.82, 2.24) is 34.1 Å². The summed E-state index contributed by atoms with van der Waals surface area (Å²) in [6.07, 6.45) is -8.20. The van der Waals surface area contributed by atoms with Crippen LogP contribution in [0.1, 0.15) is 12.5 Å². The van der Waals surface area contributed by atoms with Gasteiger partial charge in [0, 0.05) is 6.20 Å². The molecule has 2 saturated heterocycles. The van der Waals surface area contributed by atoms with Crippen LogP contribution in [0.2, 0.25) is 0 Å². The summed E-state index contributed by atoms with van der Waals surface area (Å²) in [6.45, 7) is -1.55. The highest BCUT2D eigenvalue weighted by molar-refractivity contribution is 7.47. The van der Waals surface area contributed by atoms with Crippen LogP contribution in [0.15, 0.2) is 29.7 Å². The third-order valence-corrected chi connectivity index (χ3v) is 8.69. The van der Waals surface area contributed by atoms with Gasteiger partial charge in [-0.2, -0.15) is 4.98 Å². The summed E-state index contributed by atoms with van der Waals surface area (Å²) in [5, 5.41) is 31.8. The number of rotatable bonds is 10. The van der Waals surface area contributed by atoms with Crippen LogP contribution < -0.4 is 17.0 Å². The first-order chi connectivity index (χ1) is 21.4. The van der Waals surface area contributed by atoms with Crippen LogP contribution in [-0.4, -0.2) is 109 Å². The number of nitrogens with one attached hydrogen (secondary N) is 1. The van der Waals surface area contributed by atoms with Gasteiger partial charge in [0.25, 0.3) is 5.56 Å². The molecular weight excluding hydrogens is 648 g/mol. The van der Waals surface area contributed by atoms with Crippen molar-refractivity contribution < 1.29 is 57.3 Å². The Morgan fingerprint density at radius 3 is 2.56 bits per heavy atom. The van der Waals surface area contributed by atoms with E-state index in [2.05, 4.69) is 24.9 Å². The van der Waals surface area contributed by atoms with Gasteiger partial charge in [0.05, 0.1) is 24.9 Å². The molecule has 0 amide bonds. The highest BCUT2D eigenvalue weighted by Crippen LogP contribution is 2.50. The highest BCUT2D eigenvalue weighted by atomic mass is 31.2. The van der Waals surface area contributed by atoms with Crippen molar-refractivity contribution in [2.75, 3.05) is 24.7 Å². The third kappa shape index (κ3) is 5.87. The molecule has 244 valence electrons. The number of fused-ring (bicyclic) bond motifs is 2. The number of nitrogen functional groups attached to an aromatic ring is 2. The van der Waals surface area contributed by atoms with Crippen LogP contribution in [0.25, 0.3) is 22.2 Å². The van der Waals surface area contributed by atoms with Crippen molar-refractivity contribution in [3.63, 3.8) is 0 Å². The second-order valence-corrected chi connectivity index (χ2v) is 12.1. The Hall–Kier alpha value is -3.37. The van der Waals surface area contributed by atoms with Crippen LogP contribution in [0.4, 0.5) is 11.8 Å². The van der Waals surface area contributed by atoms with Crippen LogP contribution >= 0.6 is 16.1 Å². The molecule has 0 aliphatic carbocycles. The lowest BCUT2D eigenvalue weighted by molar-refractivity contribution is -0.0607. The summed E-state index contributed by atoms with van der Waals surface area (Å²) in [4.78, 5) is 50.5. The summed E-state index contributed by atoms with van der Waals surface area (Å²) in [6, 6.07) is 1.56. The number of aliphatic hydroxyl groups is 3. The fourth-order valence-corrected chi connectivity index (χ4v) is 6.69. The maximum absolute atomic E-state index is 13.2. The Labute approximate surface area is 250 Å². The van der Waals surface area contributed by atoms with E-state index in [9.17, 15) is 39.0 Å². The van der Waals surface area contributed by atoms with Gasteiger partial charge in [-0.3, -0.25) is 28.0 Å². The normalized spacial score (nSPS) is 30.7. The van der Waals surface area contributed by atoms with Crippen LogP contribution in [0, 0.1) is 0 Å². The molecule has 0 radical (unpaired) electrons. The summed E-state index contributed by atoms with van der Waals surface area (Å²) >= 11 is 0. The lowest BCUT2D eigenvalue weighted by Crippen LogP contribution is -2.36. The van der Waals surface area contributed by atoms with Crippen LogP contribution in [-0.2, 0) is 32.2 Å². The summed E-state index contributed by atoms with van der Waals surface area (Å²) in [5.74, 6) is -0.129. The Bertz CT molecular complexity index is 1850. The molecule has 10 atom stereocenters. The van der Waals surface area contributed by atoms with Gasteiger partial charge >= 0.3 is 16.1 Å². The molecule has 2 aliphatic heterocycles. The minimum absolute atomic E-state index is 0.113. The lowest BCUT2D eigenvalue weighted by Gasteiger charge is -2.25. The second-order valence-electron chi connectivity index (χ2n) is 9.97. The molecule has 0 saturated carbocycles. The van der Waals surface area contributed by atoms with Crippen molar-refractivity contribution in [3.8, 4) is 0 Å². The number of aromatic amines is 1. The molecule has 4 aromatic heterocycles. The quantitative estimate of drug-likeness (QED) is 0.0806. The molecule has 22 nitrogen and oxygen atoms in total. The standard InChI is InChI=1S/C21H27N9O13P2/c22-15-7-1-2-29(16(7)25-5-24-15)19-12(33)13(42-44(35)36)9(41-19)4-39-45(37,38)43-14-11(32)8(3-31)40-20(14)30-6-26-10-17(30)27-21(23)28-18(10)34/h1-2,5-6,8-9,11-14,19-20,31-33,44H,3-4H2,(H,35,36)(H,37,38)(H2,22,24,25)(H3,23,27,28,34)/t8-,9-,11-,12-,13-,14?,19-,20-/m1/s1. The molecule has 0 bridgehead atoms. The molecule has 6 heterocycles. The average molecular weight is 675 g/mol. The van der Waals surface area contributed by atoms with Crippen molar-refractivity contribution in [3.05, 3.63) is 35.3 Å². The summed E-state index contributed by atoms with van der Waals surface area (Å²) < 4.78 is 54.0. The SMILES string of the molecule is Nc1nc2c(ncn2[C@@H]2O[C@H](CO)[C@@H](O)C2OP(=O)(O)OC[C@H]2O[C@@H](n3ccc4c(N)ncnc43)[C@H](O)[C@@H]2O[PH](=O)O)c(=O)[nH]1. The molecule has 2 aliphatic rings. The number of aliphatic hydroxyl groups excluding tert-OH is 3. The smallest absolute Gasteiger partial charge is 0.394 e. The molecule has 10 N–H and O–H groups in total. The zero-order chi connectivity index (χ0) is 32.2. The van der Waals surface area contributed by atoms with Gasteiger partial charge in [0.2, 0.25) is 5.95 Å². The minimum atomic E-state index is -5.15. The number of imidazole rings is 1. The topological polar surface area (TPSA) is 328 Å². The number of phosphoric acid groups is 1. The maximum Gasteiger partial charge on any atom is 0.472 e. The van der Waals surface area contributed by atoms with Gasteiger partial charge in [0.1, 0.15) is 54.4 Å². The van der Waals surface area contributed by atoms with E-state index in [1.165, 1.54) is 17.1 Å². The molecule has 2 fully saturated rings. The fraction of sp³-hybridized carbons (Fsp3) is 0.476. The number of aromatic nitrogens is 7. The fourth-order valence-electron chi connectivity index (χ4n) is 5.23. The first kappa shape index (κ1) is 31.6. The molecular formula is C21H27N9O13P2. The molecule has 4 aromatic rings. The van der Waals surface area contributed by atoms with Gasteiger partial charge in [-0.1, -0.05) is 0 Å². The minimum Gasteiger partial charge on any atom is -0.394 e. The summed E-state index contributed by atoms with van der Waals surface area (Å²) in [7, 11) is -8.81.